The van der Waals surface area contributed by atoms with Crippen LogP contribution in [0.4, 0.5) is 11.9 Å². The van der Waals surface area contributed by atoms with E-state index in [1.807, 2.05) is 6.92 Å². The fourth-order valence-corrected chi connectivity index (χ4v) is 1.96. The molecule has 2 N–H and O–H groups in total. The monoisotopic (exact) mass is 271 g/mol. The number of halogens is 1. The number of anilines is 2. The summed E-state index contributed by atoms with van der Waals surface area (Å²) in [5, 5.41) is 12.2. The van der Waals surface area contributed by atoms with Crippen LogP contribution < -0.4 is 10.2 Å². The van der Waals surface area contributed by atoms with Crippen LogP contribution in [0.15, 0.2) is 0 Å². The molecule has 0 aromatic carbocycles. The van der Waals surface area contributed by atoms with E-state index in [9.17, 15) is 0 Å². The Bertz CT molecular complexity index is 397. The number of aromatic nitrogens is 3. The van der Waals surface area contributed by atoms with Crippen LogP contribution in [0.3, 0.4) is 0 Å². The maximum atomic E-state index is 8.97. The molecule has 1 aromatic rings. The summed E-state index contributed by atoms with van der Waals surface area (Å²) in [5.41, 5.74) is 0. The van der Waals surface area contributed by atoms with E-state index in [0.29, 0.717) is 18.4 Å². The van der Waals surface area contributed by atoms with Gasteiger partial charge in [-0.3, -0.25) is 0 Å². The average molecular weight is 272 g/mol. The van der Waals surface area contributed by atoms with Crippen LogP contribution in [-0.4, -0.2) is 46.3 Å². The predicted octanol–water partition coefficient (Wildman–Crippen LogP) is 1.17. The topological polar surface area (TPSA) is 74.2 Å². The van der Waals surface area contributed by atoms with Crippen molar-refractivity contribution in [2.24, 2.45) is 5.92 Å². The van der Waals surface area contributed by atoms with Crippen LogP contribution in [0, 0.1) is 5.92 Å². The Kier molecular flexibility index (Phi) is 4.54. The van der Waals surface area contributed by atoms with Crippen molar-refractivity contribution >= 4 is 23.5 Å². The smallest absolute Gasteiger partial charge is 0.231 e. The van der Waals surface area contributed by atoms with Gasteiger partial charge in [0, 0.05) is 26.2 Å². The normalized spacial score (nSPS) is 16.9. The molecule has 18 heavy (non-hydrogen) atoms. The first-order chi connectivity index (χ1) is 8.69. The molecule has 7 heteroatoms. The Morgan fingerprint density at radius 1 is 1.33 bits per heavy atom. The molecule has 0 aliphatic carbocycles. The lowest BCUT2D eigenvalue weighted by molar-refractivity contribution is 0.244. The molecule has 1 atom stereocenters. The van der Waals surface area contributed by atoms with Crippen LogP contribution in [-0.2, 0) is 0 Å². The molecule has 1 aliphatic rings. The second-order valence-corrected chi connectivity index (χ2v) is 4.93. The van der Waals surface area contributed by atoms with Gasteiger partial charge in [0.2, 0.25) is 17.2 Å². The van der Waals surface area contributed by atoms with Crippen molar-refractivity contribution < 1.29 is 5.11 Å². The number of rotatable bonds is 5. The summed E-state index contributed by atoms with van der Waals surface area (Å²) in [6.45, 7) is 4.61. The van der Waals surface area contributed by atoms with Crippen molar-refractivity contribution in [2.45, 2.75) is 19.8 Å². The summed E-state index contributed by atoms with van der Waals surface area (Å²) < 4.78 is 0. The van der Waals surface area contributed by atoms with Gasteiger partial charge in [-0.25, -0.2) is 0 Å². The first-order valence-electron chi connectivity index (χ1n) is 6.20. The van der Waals surface area contributed by atoms with Gasteiger partial charge in [-0.05, 0) is 30.4 Å². The van der Waals surface area contributed by atoms with Gasteiger partial charge in [-0.1, -0.05) is 6.92 Å². The molecule has 1 aliphatic heterocycles. The lowest BCUT2D eigenvalue weighted by Crippen LogP contribution is -2.22. The Morgan fingerprint density at radius 3 is 2.72 bits per heavy atom. The van der Waals surface area contributed by atoms with Gasteiger partial charge in [0.15, 0.2) is 0 Å². The van der Waals surface area contributed by atoms with Crippen molar-refractivity contribution in [2.75, 3.05) is 36.5 Å². The van der Waals surface area contributed by atoms with Gasteiger partial charge in [-0.15, -0.1) is 0 Å². The zero-order chi connectivity index (χ0) is 13.0. The molecule has 1 fully saturated rings. The highest BCUT2D eigenvalue weighted by atomic mass is 35.5. The van der Waals surface area contributed by atoms with Crippen molar-refractivity contribution in [3.05, 3.63) is 5.28 Å². The Hall–Kier alpha value is -1.14. The zero-order valence-corrected chi connectivity index (χ0v) is 11.2. The minimum atomic E-state index is 0.130. The molecular formula is C11H18ClN5O. The standard InChI is InChI=1S/C11H18ClN5O/c1-8(7-18)6-13-10-14-9(12)15-11(16-10)17-4-2-3-5-17/h8,18H,2-7H2,1H3,(H,13,14,15,16). The van der Waals surface area contributed by atoms with E-state index in [1.54, 1.807) is 0 Å². The molecule has 0 amide bonds. The number of aliphatic hydroxyl groups excluding tert-OH is 1. The summed E-state index contributed by atoms with van der Waals surface area (Å²) in [6.07, 6.45) is 2.32. The summed E-state index contributed by atoms with van der Waals surface area (Å²) >= 11 is 5.90. The van der Waals surface area contributed by atoms with Crippen molar-refractivity contribution in [3.8, 4) is 0 Å². The van der Waals surface area contributed by atoms with Gasteiger partial charge in [0.05, 0.1) is 0 Å². The van der Waals surface area contributed by atoms with Gasteiger partial charge >= 0.3 is 0 Å². The molecule has 0 radical (unpaired) electrons. The summed E-state index contributed by atoms with van der Waals surface area (Å²) in [6, 6.07) is 0. The summed E-state index contributed by atoms with van der Waals surface area (Å²) in [5.74, 6) is 1.25. The summed E-state index contributed by atoms with van der Waals surface area (Å²) in [4.78, 5) is 14.6. The molecule has 1 unspecified atom stereocenters. The van der Waals surface area contributed by atoms with E-state index in [-0.39, 0.29) is 17.8 Å². The first kappa shape index (κ1) is 13.3. The van der Waals surface area contributed by atoms with Crippen LogP contribution in [0.1, 0.15) is 19.8 Å². The van der Waals surface area contributed by atoms with Gasteiger partial charge in [0.1, 0.15) is 0 Å². The highest BCUT2D eigenvalue weighted by Gasteiger charge is 2.17. The Balaban J connectivity index is 2.06. The van der Waals surface area contributed by atoms with Crippen LogP contribution in [0.25, 0.3) is 0 Å². The molecular weight excluding hydrogens is 254 g/mol. The fraction of sp³-hybridized carbons (Fsp3) is 0.727. The third-order valence-corrected chi connectivity index (χ3v) is 3.07. The number of hydrogen-bond acceptors (Lipinski definition) is 6. The lowest BCUT2D eigenvalue weighted by Gasteiger charge is -2.16. The van der Waals surface area contributed by atoms with Gasteiger partial charge < -0.3 is 15.3 Å². The predicted molar refractivity (Wildman–Crippen MR) is 71.0 cm³/mol. The van der Waals surface area contributed by atoms with Crippen LogP contribution >= 0.6 is 11.6 Å². The van der Waals surface area contributed by atoms with E-state index in [4.69, 9.17) is 16.7 Å². The third-order valence-electron chi connectivity index (χ3n) is 2.91. The van der Waals surface area contributed by atoms with E-state index >= 15 is 0 Å². The van der Waals surface area contributed by atoms with Crippen LogP contribution in [0.2, 0.25) is 5.28 Å². The third kappa shape index (κ3) is 3.43. The summed E-state index contributed by atoms with van der Waals surface area (Å²) in [7, 11) is 0. The molecule has 0 saturated carbocycles. The van der Waals surface area contributed by atoms with Gasteiger partial charge in [0.25, 0.3) is 0 Å². The number of hydrogen-bond donors (Lipinski definition) is 2. The van der Waals surface area contributed by atoms with Gasteiger partial charge in [-0.2, -0.15) is 15.0 Å². The number of nitrogens with zero attached hydrogens (tertiary/aromatic N) is 4. The second kappa shape index (κ2) is 6.15. The number of nitrogens with one attached hydrogen (secondary N) is 1. The Labute approximate surface area is 111 Å². The molecule has 2 heterocycles. The van der Waals surface area contributed by atoms with Crippen molar-refractivity contribution in [1.82, 2.24) is 15.0 Å². The maximum absolute atomic E-state index is 8.97. The Morgan fingerprint density at radius 2 is 2.06 bits per heavy atom. The molecule has 0 bridgehead atoms. The quantitative estimate of drug-likeness (QED) is 0.837. The number of aliphatic hydroxyl groups is 1. The van der Waals surface area contributed by atoms with E-state index < -0.39 is 0 Å². The SMILES string of the molecule is CC(CO)CNc1nc(Cl)nc(N2CCCC2)n1. The maximum Gasteiger partial charge on any atom is 0.231 e. The first-order valence-corrected chi connectivity index (χ1v) is 6.58. The lowest BCUT2D eigenvalue weighted by atomic mass is 10.2. The average Bonchev–Trinajstić information content (AvgIpc) is 2.89. The minimum absolute atomic E-state index is 0.130. The van der Waals surface area contributed by atoms with E-state index in [2.05, 4.69) is 25.2 Å². The second-order valence-electron chi connectivity index (χ2n) is 4.59. The molecule has 1 aromatic heterocycles. The molecule has 2 rings (SSSR count). The molecule has 100 valence electrons. The van der Waals surface area contributed by atoms with Crippen molar-refractivity contribution in [1.29, 1.82) is 0 Å². The van der Waals surface area contributed by atoms with Crippen LogP contribution in [0.5, 0.6) is 0 Å². The molecule has 6 nitrogen and oxygen atoms in total. The van der Waals surface area contributed by atoms with Crippen molar-refractivity contribution in [3.63, 3.8) is 0 Å². The zero-order valence-electron chi connectivity index (χ0n) is 10.4. The fourth-order valence-electron chi connectivity index (χ4n) is 1.81. The molecule has 1 saturated heterocycles. The molecule has 0 spiro atoms. The highest BCUT2D eigenvalue weighted by molar-refractivity contribution is 6.28. The largest absolute Gasteiger partial charge is 0.396 e. The van der Waals surface area contributed by atoms with E-state index in [0.717, 1.165) is 25.9 Å². The highest BCUT2D eigenvalue weighted by Crippen LogP contribution is 2.18. The van der Waals surface area contributed by atoms with E-state index in [1.165, 1.54) is 0 Å². The minimum Gasteiger partial charge on any atom is -0.396 e.